The molecule has 2 heterocycles. The third-order valence-electron chi connectivity index (χ3n) is 5.96. The third-order valence-corrected chi connectivity index (χ3v) is 5.96. The van der Waals surface area contributed by atoms with Gasteiger partial charge >= 0.3 is 0 Å². The Bertz CT molecular complexity index is 961. The molecule has 0 saturated carbocycles. The number of rotatable bonds is 8. The molecule has 0 unspecified atom stereocenters. The van der Waals surface area contributed by atoms with Crippen LogP contribution in [0, 0.1) is 11.8 Å². The van der Waals surface area contributed by atoms with E-state index in [9.17, 15) is 14.4 Å². The SMILES string of the molecule is CC[C@@H](C)C(=O)N[C@H](C(=O)N1c2ncccc2C[C@@H]1C(=O)NCc1ccccc1)C(C)C. The quantitative estimate of drug-likeness (QED) is 0.666. The molecule has 3 rings (SSSR count). The number of pyridine rings is 1. The number of anilines is 1. The van der Waals surface area contributed by atoms with Crippen LogP contribution >= 0.6 is 0 Å². The molecule has 7 heteroatoms. The number of nitrogens with one attached hydrogen (secondary N) is 2. The van der Waals surface area contributed by atoms with Gasteiger partial charge in [-0.1, -0.05) is 64.1 Å². The minimum atomic E-state index is -0.742. The lowest BCUT2D eigenvalue weighted by Gasteiger charge is -2.31. The van der Waals surface area contributed by atoms with E-state index in [1.165, 1.54) is 4.90 Å². The summed E-state index contributed by atoms with van der Waals surface area (Å²) in [6, 6.07) is 11.9. The Morgan fingerprint density at radius 1 is 1.09 bits per heavy atom. The van der Waals surface area contributed by atoms with Gasteiger partial charge in [-0.05, 0) is 29.5 Å². The molecular formula is C25H32N4O3. The maximum absolute atomic E-state index is 13.7. The number of benzene rings is 1. The first-order valence-corrected chi connectivity index (χ1v) is 11.2. The number of carbonyl (C=O) groups excluding carboxylic acids is 3. The fraction of sp³-hybridized carbons (Fsp3) is 0.440. The molecule has 0 bridgehead atoms. The Kier molecular flexibility index (Phi) is 7.62. The first-order valence-electron chi connectivity index (χ1n) is 11.2. The molecule has 0 saturated heterocycles. The van der Waals surface area contributed by atoms with Crippen molar-refractivity contribution in [3.05, 3.63) is 59.8 Å². The van der Waals surface area contributed by atoms with Crippen LogP contribution < -0.4 is 15.5 Å². The van der Waals surface area contributed by atoms with Crippen molar-refractivity contribution >= 4 is 23.5 Å². The Hall–Kier alpha value is -3.22. The Morgan fingerprint density at radius 3 is 2.47 bits per heavy atom. The summed E-state index contributed by atoms with van der Waals surface area (Å²) in [6.45, 7) is 7.92. The second-order valence-corrected chi connectivity index (χ2v) is 8.66. The molecule has 32 heavy (non-hydrogen) atoms. The van der Waals surface area contributed by atoms with E-state index in [1.54, 1.807) is 12.3 Å². The van der Waals surface area contributed by atoms with Crippen molar-refractivity contribution in [2.75, 3.05) is 4.90 Å². The summed E-state index contributed by atoms with van der Waals surface area (Å²) in [5.41, 5.74) is 1.82. The molecule has 3 atom stereocenters. The molecule has 2 aromatic rings. The van der Waals surface area contributed by atoms with Crippen LogP contribution in [0.25, 0.3) is 0 Å². The van der Waals surface area contributed by atoms with E-state index < -0.39 is 12.1 Å². The van der Waals surface area contributed by atoms with E-state index in [2.05, 4.69) is 15.6 Å². The van der Waals surface area contributed by atoms with Crippen molar-refractivity contribution < 1.29 is 14.4 Å². The lowest BCUT2D eigenvalue weighted by Crippen LogP contribution is -2.57. The van der Waals surface area contributed by atoms with Gasteiger partial charge in [-0.2, -0.15) is 0 Å². The van der Waals surface area contributed by atoms with Gasteiger partial charge < -0.3 is 10.6 Å². The number of carbonyl (C=O) groups is 3. The van der Waals surface area contributed by atoms with E-state index in [-0.39, 0.29) is 29.6 Å². The van der Waals surface area contributed by atoms with Crippen LogP contribution in [0.15, 0.2) is 48.7 Å². The van der Waals surface area contributed by atoms with Gasteiger partial charge in [0.25, 0.3) is 5.91 Å². The largest absolute Gasteiger partial charge is 0.350 e. The highest BCUT2D eigenvalue weighted by atomic mass is 16.2. The maximum Gasteiger partial charge on any atom is 0.251 e. The highest BCUT2D eigenvalue weighted by Crippen LogP contribution is 2.31. The highest BCUT2D eigenvalue weighted by Gasteiger charge is 2.42. The monoisotopic (exact) mass is 436 g/mol. The summed E-state index contributed by atoms with van der Waals surface area (Å²) < 4.78 is 0. The standard InChI is InChI=1S/C25H32N4O3/c1-5-17(4)23(30)28-21(16(2)3)25(32)29-20(14-19-12-9-13-26-22(19)29)24(31)27-15-18-10-7-6-8-11-18/h6-13,16-17,20-21H,5,14-15H2,1-4H3,(H,27,31)(H,28,30)/t17-,20-,21+/m1/s1. The molecule has 0 spiro atoms. The van der Waals surface area contributed by atoms with Crippen molar-refractivity contribution in [1.29, 1.82) is 0 Å². The number of aromatic nitrogens is 1. The maximum atomic E-state index is 13.7. The topological polar surface area (TPSA) is 91.4 Å². The van der Waals surface area contributed by atoms with Crippen molar-refractivity contribution in [2.24, 2.45) is 11.8 Å². The van der Waals surface area contributed by atoms with E-state index >= 15 is 0 Å². The molecule has 3 amide bonds. The van der Waals surface area contributed by atoms with Crippen molar-refractivity contribution in [3.63, 3.8) is 0 Å². The minimum Gasteiger partial charge on any atom is -0.350 e. The molecule has 1 aromatic carbocycles. The second-order valence-electron chi connectivity index (χ2n) is 8.66. The summed E-state index contributed by atoms with van der Waals surface area (Å²) in [4.78, 5) is 45.2. The van der Waals surface area contributed by atoms with Gasteiger partial charge in [0, 0.05) is 25.1 Å². The molecule has 0 aliphatic carbocycles. The van der Waals surface area contributed by atoms with Crippen LogP contribution in [0.4, 0.5) is 5.82 Å². The number of hydrogen-bond donors (Lipinski definition) is 2. The van der Waals surface area contributed by atoms with Gasteiger partial charge in [-0.3, -0.25) is 19.3 Å². The zero-order chi connectivity index (χ0) is 23.3. The number of amides is 3. The first-order chi connectivity index (χ1) is 15.3. The number of nitrogens with zero attached hydrogens (tertiary/aromatic N) is 2. The van der Waals surface area contributed by atoms with Crippen LogP contribution in [0.5, 0.6) is 0 Å². The van der Waals surface area contributed by atoms with Gasteiger partial charge in [0.1, 0.15) is 17.9 Å². The molecule has 7 nitrogen and oxygen atoms in total. The predicted molar refractivity (Wildman–Crippen MR) is 124 cm³/mol. The lowest BCUT2D eigenvalue weighted by molar-refractivity contribution is -0.131. The van der Waals surface area contributed by atoms with Crippen LogP contribution in [-0.4, -0.2) is 34.8 Å². The first kappa shape index (κ1) is 23.4. The van der Waals surface area contributed by atoms with Gasteiger partial charge in [0.05, 0.1) is 0 Å². The van der Waals surface area contributed by atoms with Crippen molar-refractivity contribution in [3.8, 4) is 0 Å². The average Bonchev–Trinajstić information content (AvgIpc) is 3.20. The van der Waals surface area contributed by atoms with Crippen LogP contribution in [0.3, 0.4) is 0 Å². The van der Waals surface area contributed by atoms with E-state index in [4.69, 9.17) is 0 Å². The second kappa shape index (κ2) is 10.4. The highest BCUT2D eigenvalue weighted by molar-refractivity contribution is 6.06. The van der Waals surface area contributed by atoms with Crippen LogP contribution in [0.1, 0.15) is 45.2 Å². The summed E-state index contributed by atoms with van der Waals surface area (Å²) >= 11 is 0. The number of fused-ring (bicyclic) bond motifs is 1. The average molecular weight is 437 g/mol. The van der Waals surface area contributed by atoms with Gasteiger partial charge in [0.15, 0.2) is 0 Å². The molecular weight excluding hydrogens is 404 g/mol. The minimum absolute atomic E-state index is 0.142. The fourth-order valence-electron chi connectivity index (χ4n) is 3.77. The van der Waals surface area contributed by atoms with E-state index in [0.29, 0.717) is 25.2 Å². The normalized spacial score (nSPS) is 16.9. The Morgan fingerprint density at radius 2 is 1.81 bits per heavy atom. The summed E-state index contributed by atoms with van der Waals surface area (Å²) in [5, 5.41) is 5.85. The van der Waals surface area contributed by atoms with Crippen molar-refractivity contribution in [1.82, 2.24) is 15.6 Å². The summed E-state index contributed by atoms with van der Waals surface area (Å²) in [5.74, 6) is -0.565. The lowest BCUT2D eigenvalue weighted by atomic mass is 10.00. The van der Waals surface area contributed by atoms with Gasteiger partial charge in [0.2, 0.25) is 11.8 Å². The fourth-order valence-corrected chi connectivity index (χ4v) is 3.77. The molecule has 1 aromatic heterocycles. The Balaban J connectivity index is 1.84. The smallest absolute Gasteiger partial charge is 0.251 e. The zero-order valence-electron chi connectivity index (χ0n) is 19.2. The zero-order valence-corrected chi connectivity index (χ0v) is 19.2. The van der Waals surface area contributed by atoms with Gasteiger partial charge in [-0.15, -0.1) is 0 Å². The molecule has 0 fully saturated rings. The molecule has 1 aliphatic rings. The number of hydrogen-bond acceptors (Lipinski definition) is 4. The van der Waals surface area contributed by atoms with Crippen LogP contribution in [-0.2, 0) is 27.3 Å². The molecule has 170 valence electrons. The molecule has 1 aliphatic heterocycles. The third kappa shape index (κ3) is 5.15. The van der Waals surface area contributed by atoms with Gasteiger partial charge in [-0.25, -0.2) is 4.98 Å². The molecule has 2 N–H and O–H groups in total. The van der Waals surface area contributed by atoms with E-state index in [0.717, 1.165) is 11.1 Å². The summed E-state index contributed by atoms with van der Waals surface area (Å²) in [6.07, 6.45) is 2.69. The van der Waals surface area contributed by atoms with E-state index in [1.807, 2.05) is 64.1 Å². The van der Waals surface area contributed by atoms with Crippen LogP contribution in [0.2, 0.25) is 0 Å². The molecule has 0 radical (unpaired) electrons. The predicted octanol–water partition coefficient (Wildman–Crippen LogP) is 2.84. The summed E-state index contributed by atoms with van der Waals surface area (Å²) in [7, 11) is 0. The Labute approximate surface area is 189 Å². The van der Waals surface area contributed by atoms with Crippen molar-refractivity contribution in [2.45, 2.75) is 59.2 Å².